The van der Waals surface area contributed by atoms with Crippen LogP contribution in [0.3, 0.4) is 0 Å². The molecule has 0 saturated heterocycles. The molecule has 0 aromatic heterocycles. The minimum atomic E-state index is -0.545. The minimum absolute atomic E-state index is 0.212. The van der Waals surface area contributed by atoms with Gasteiger partial charge in [0.25, 0.3) is 0 Å². The van der Waals surface area contributed by atoms with E-state index >= 15 is 0 Å². The van der Waals surface area contributed by atoms with Crippen molar-refractivity contribution in [2.45, 2.75) is 27.7 Å². The number of ether oxygens (including phenoxy) is 2. The van der Waals surface area contributed by atoms with Gasteiger partial charge in [-0.1, -0.05) is 0 Å². The average molecular weight is 308 g/mol. The summed E-state index contributed by atoms with van der Waals surface area (Å²) in [5.41, 5.74) is 3.24. The number of allylic oxidation sites excluding steroid dienone is 1. The van der Waals surface area contributed by atoms with Crippen molar-refractivity contribution in [2.75, 3.05) is 20.8 Å². The Morgan fingerprint density at radius 1 is 1.14 bits per heavy atom. The topological polar surface area (TPSA) is 72.8 Å². The summed E-state index contributed by atoms with van der Waals surface area (Å²) in [4.78, 5) is 23.2. The van der Waals surface area contributed by atoms with Crippen molar-refractivity contribution in [2.24, 2.45) is 0 Å². The number of aryl methyl sites for hydroxylation is 1. The highest BCUT2D eigenvalue weighted by molar-refractivity contribution is 6.09. The normalized spacial score (nSPS) is 9.95. The molecular weight excluding hydrogens is 284 g/mol. The van der Waals surface area contributed by atoms with Gasteiger partial charge >= 0.3 is 5.97 Å². The van der Waals surface area contributed by atoms with Crippen molar-refractivity contribution < 1.29 is 24.2 Å². The molecule has 0 bridgehead atoms. The maximum absolute atomic E-state index is 12.2. The monoisotopic (exact) mass is 308 g/mol. The van der Waals surface area contributed by atoms with Crippen LogP contribution in [0.2, 0.25) is 0 Å². The predicted octanol–water partition coefficient (Wildman–Crippen LogP) is 2.53. The lowest BCUT2D eigenvalue weighted by molar-refractivity contribution is -0.134. The summed E-state index contributed by atoms with van der Waals surface area (Å²) in [5.74, 6) is 0.0314. The van der Waals surface area contributed by atoms with Crippen molar-refractivity contribution in [3.8, 4) is 5.75 Å². The highest BCUT2D eigenvalue weighted by Crippen LogP contribution is 2.28. The lowest BCUT2D eigenvalue weighted by Gasteiger charge is -2.15. The molecular formula is C17H24O5. The third kappa shape index (κ3) is 5.00. The first-order valence-electron chi connectivity index (χ1n) is 6.91. The van der Waals surface area contributed by atoms with E-state index in [-0.39, 0.29) is 5.78 Å². The summed E-state index contributed by atoms with van der Waals surface area (Å²) < 4.78 is 10.0. The number of carbonyl (C=O) groups excluding carboxylic acids is 2. The van der Waals surface area contributed by atoms with E-state index in [2.05, 4.69) is 4.74 Å². The molecule has 0 aliphatic carbocycles. The Kier molecular flexibility index (Phi) is 8.79. The highest BCUT2D eigenvalue weighted by atomic mass is 16.5. The van der Waals surface area contributed by atoms with E-state index in [1.165, 1.54) is 13.2 Å². The summed E-state index contributed by atoms with van der Waals surface area (Å²) in [6.45, 7) is 8.15. The van der Waals surface area contributed by atoms with Crippen LogP contribution in [-0.4, -0.2) is 37.7 Å². The maximum Gasteiger partial charge on any atom is 0.330 e. The predicted molar refractivity (Wildman–Crippen MR) is 85.5 cm³/mol. The van der Waals surface area contributed by atoms with Crippen LogP contribution >= 0.6 is 0 Å². The number of esters is 1. The molecule has 0 saturated carbocycles. The van der Waals surface area contributed by atoms with Crippen LogP contribution in [0.15, 0.2) is 18.2 Å². The molecule has 0 amide bonds. The SMILES string of the molecule is CCOc1cc(C)c(C(=O)/C=C/C(=O)OC)c(C)c1C.CO. The van der Waals surface area contributed by atoms with Gasteiger partial charge in [-0.3, -0.25) is 4.79 Å². The number of aliphatic hydroxyl groups is 1. The van der Waals surface area contributed by atoms with Crippen molar-refractivity contribution >= 4 is 11.8 Å². The first-order valence-corrected chi connectivity index (χ1v) is 6.91. The smallest absolute Gasteiger partial charge is 0.330 e. The summed E-state index contributed by atoms with van der Waals surface area (Å²) in [5, 5.41) is 7.00. The number of methoxy groups -OCH3 is 1. The number of hydrogen-bond acceptors (Lipinski definition) is 5. The molecule has 0 atom stereocenters. The molecule has 5 nitrogen and oxygen atoms in total. The van der Waals surface area contributed by atoms with Gasteiger partial charge in [0, 0.05) is 18.7 Å². The fourth-order valence-electron chi connectivity index (χ4n) is 2.02. The van der Waals surface area contributed by atoms with Gasteiger partial charge in [0.15, 0.2) is 5.78 Å². The molecule has 1 rings (SSSR count). The fraction of sp³-hybridized carbons (Fsp3) is 0.412. The summed E-state index contributed by atoms with van der Waals surface area (Å²) in [7, 11) is 2.27. The molecule has 0 unspecified atom stereocenters. The van der Waals surface area contributed by atoms with Crippen LogP contribution in [0, 0.1) is 20.8 Å². The fourth-order valence-corrected chi connectivity index (χ4v) is 2.02. The Labute approximate surface area is 131 Å². The average Bonchev–Trinajstić information content (AvgIpc) is 2.52. The first kappa shape index (κ1) is 19.9. The van der Waals surface area contributed by atoms with Crippen LogP contribution in [-0.2, 0) is 9.53 Å². The first-order chi connectivity index (χ1) is 10.4. The summed E-state index contributed by atoms with van der Waals surface area (Å²) in [6.07, 6.45) is 2.37. The van der Waals surface area contributed by atoms with Crippen LogP contribution in [0.4, 0.5) is 0 Å². The van der Waals surface area contributed by atoms with Gasteiger partial charge in [0.1, 0.15) is 5.75 Å². The molecule has 1 aromatic rings. The van der Waals surface area contributed by atoms with Crippen LogP contribution in [0.25, 0.3) is 0 Å². The van der Waals surface area contributed by atoms with Gasteiger partial charge < -0.3 is 14.6 Å². The van der Waals surface area contributed by atoms with Crippen LogP contribution < -0.4 is 4.74 Å². The van der Waals surface area contributed by atoms with Gasteiger partial charge in [0.2, 0.25) is 0 Å². The Balaban J connectivity index is 0.00000211. The number of carbonyl (C=O) groups is 2. The zero-order chi connectivity index (χ0) is 17.3. The van der Waals surface area contributed by atoms with E-state index in [0.29, 0.717) is 12.2 Å². The second-order valence-electron chi connectivity index (χ2n) is 4.47. The van der Waals surface area contributed by atoms with Gasteiger partial charge in [-0.2, -0.15) is 0 Å². The third-order valence-corrected chi connectivity index (χ3v) is 3.17. The molecule has 22 heavy (non-hydrogen) atoms. The van der Waals surface area contributed by atoms with Crippen LogP contribution in [0.1, 0.15) is 34.0 Å². The second-order valence-corrected chi connectivity index (χ2v) is 4.47. The van der Waals surface area contributed by atoms with Crippen molar-refractivity contribution in [3.05, 3.63) is 40.5 Å². The summed E-state index contributed by atoms with van der Waals surface area (Å²) in [6, 6.07) is 1.85. The van der Waals surface area contributed by atoms with E-state index in [9.17, 15) is 9.59 Å². The Morgan fingerprint density at radius 2 is 1.73 bits per heavy atom. The number of rotatable bonds is 5. The second kappa shape index (κ2) is 9.73. The number of ketones is 1. The van der Waals surface area contributed by atoms with E-state index in [1.54, 1.807) is 0 Å². The van der Waals surface area contributed by atoms with E-state index in [1.807, 2.05) is 33.8 Å². The third-order valence-electron chi connectivity index (χ3n) is 3.17. The molecule has 5 heteroatoms. The molecule has 0 heterocycles. The van der Waals surface area contributed by atoms with Gasteiger partial charge in [-0.25, -0.2) is 4.79 Å². The summed E-state index contributed by atoms with van der Waals surface area (Å²) >= 11 is 0. The van der Waals surface area contributed by atoms with Crippen molar-refractivity contribution in [1.29, 1.82) is 0 Å². The standard InChI is InChI=1S/C16H20O4.CH4O/c1-6-20-14-9-10(2)16(12(4)11(14)3)13(17)7-8-15(18)19-5;1-2/h7-9H,6H2,1-5H3;2H,1H3/b8-7+;. The Bertz CT molecular complexity index is 559. The lowest BCUT2D eigenvalue weighted by atomic mass is 9.94. The van der Waals surface area contributed by atoms with E-state index in [0.717, 1.165) is 35.6 Å². The molecule has 0 spiro atoms. The minimum Gasteiger partial charge on any atom is -0.494 e. The Hall–Kier alpha value is -2.14. The maximum atomic E-state index is 12.2. The van der Waals surface area contributed by atoms with E-state index in [4.69, 9.17) is 9.84 Å². The zero-order valence-corrected chi connectivity index (χ0v) is 14.0. The quantitative estimate of drug-likeness (QED) is 0.514. The molecule has 0 fully saturated rings. The highest BCUT2D eigenvalue weighted by Gasteiger charge is 2.15. The molecule has 0 radical (unpaired) electrons. The number of hydrogen-bond donors (Lipinski definition) is 1. The molecule has 1 N–H and O–H groups in total. The number of benzene rings is 1. The van der Waals surface area contributed by atoms with Crippen LogP contribution in [0.5, 0.6) is 5.75 Å². The molecule has 0 aliphatic heterocycles. The lowest BCUT2D eigenvalue weighted by Crippen LogP contribution is -2.07. The van der Waals surface area contributed by atoms with Crippen molar-refractivity contribution in [1.82, 2.24) is 0 Å². The van der Waals surface area contributed by atoms with Gasteiger partial charge in [-0.05, 0) is 56.5 Å². The van der Waals surface area contributed by atoms with E-state index < -0.39 is 5.97 Å². The Morgan fingerprint density at radius 3 is 2.23 bits per heavy atom. The molecule has 122 valence electrons. The molecule has 1 aromatic carbocycles. The largest absolute Gasteiger partial charge is 0.494 e. The zero-order valence-electron chi connectivity index (χ0n) is 14.0. The van der Waals surface area contributed by atoms with Gasteiger partial charge in [-0.15, -0.1) is 0 Å². The molecule has 0 aliphatic rings. The van der Waals surface area contributed by atoms with Crippen molar-refractivity contribution in [3.63, 3.8) is 0 Å². The number of aliphatic hydroxyl groups excluding tert-OH is 1. The van der Waals surface area contributed by atoms with Gasteiger partial charge in [0.05, 0.1) is 13.7 Å².